The monoisotopic (exact) mass is 372 g/mol. The fraction of sp³-hybridized carbons (Fsp3) is 0.150. The van der Waals surface area contributed by atoms with Crippen molar-refractivity contribution in [3.63, 3.8) is 0 Å². The Morgan fingerprint density at radius 2 is 1.21 bits per heavy atom. The molecule has 0 saturated heterocycles. The maximum Gasteiger partial charge on any atom is 0.185 e. The average molecular weight is 372 g/mol. The molecule has 2 aromatic carbocycles. The number of hydrogen-bond donors (Lipinski definition) is 1. The number of Topliss-reactive ketones (excluding diaryl/α,β-unsaturated/α-hetero) is 1. The van der Waals surface area contributed by atoms with Crippen LogP contribution in [-0.4, -0.2) is 17.0 Å². The van der Waals surface area contributed by atoms with Crippen molar-refractivity contribution in [1.29, 1.82) is 0 Å². The Kier molecular flexibility index (Phi) is 5.89. The molecule has 1 fully saturated rings. The smallest absolute Gasteiger partial charge is 0.185 e. The molecule has 8 nitrogen and oxygen atoms in total. The second-order valence-electron chi connectivity index (χ2n) is 6.29. The molecule has 138 valence electrons. The second-order valence-corrected chi connectivity index (χ2v) is 6.29. The molecule has 1 N–H and O–H groups in total. The summed E-state index contributed by atoms with van der Waals surface area (Å²) in [6.07, 6.45) is 3.40. The number of hydrogen-bond acceptors (Lipinski definition) is 4. The number of rotatable bonds is 4. The molecule has 0 unspecified atom stereocenters. The van der Waals surface area contributed by atoms with E-state index in [-0.39, 0.29) is 18.6 Å². The zero-order chi connectivity index (χ0) is 19.9. The quantitative estimate of drug-likeness (QED) is 0.316. The van der Waals surface area contributed by atoms with E-state index < -0.39 is 6.10 Å². The van der Waals surface area contributed by atoms with Gasteiger partial charge in [-0.3, -0.25) is 4.79 Å². The maximum atomic E-state index is 12.8. The molecule has 2 aromatic rings. The summed E-state index contributed by atoms with van der Waals surface area (Å²) in [6.45, 7) is 0. The standard InChI is InChI=1S/C20H16N6O2/c21-25-23-17-5-1-13(2-6-17)9-15-11-19(27)12-16(20(15)28)10-14-3-7-18(8-4-14)24-26-22/h1-10,19,27H,11-12H2. The highest BCUT2D eigenvalue weighted by molar-refractivity contribution is 6.14. The van der Waals surface area contributed by atoms with Gasteiger partial charge < -0.3 is 5.11 Å². The maximum absolute atomic E-state index is 12.8. The Morgan fingerprint density at radius 1 is 0.821 bits per heavy atom. The largest absolute Gasteiger partial charge is 0.392 e. The predicted molar refractivity (Wildman–Crippen MR) is 107 cm³/mol. The molecule has 0 amide bonds. The number of ketones is 1. The lowest BCUT2D eigenvalue weighted by atomic mass is 9.85. The van der Waals surface area contributed by atoms with Crippen LogP contribution in [-0.2, 0) is 4.79 Å². The number of nitrogens with zero attached hydrogens (tertiary/aromatic N) is 6. The molecule has 1 saturated carbocycles. The first-order chi connectivity index (χ1) is 13.6. The summed E-state index contributed by atoms with van der Waals surface area (Å²) in [5, 5.41) is 17.2. The summed E-state index contributed by atoms with van der Waals surface area (Å²) in [6, 6.07) is 13.7. The number of aliphatic hydroxyl groups is 1. The van der Waals surface area contributed by atoms with Crippen LogP contribution < -0.4 is 0 Å². The molecule has 1 aliphatic carbocycles. The van der Waals surface area contributed by atoms with Gasteiger partial charge in [0, 0.05) is 45.2 Å². The Labute approximate surface area is 160 Å². The van der Waals surface area contributed by atoms with Crippen LogP contribution >= 0.6 is 0 Å². The van der Waals surface area contributed by atoms with Crippen molar-refractivity contribution in [1.82, 2.24) is 0 Å². The zero-order valence-corrected chi connectivity index (χ0v) is 14.8. The lowest BCUT2D eigenvalue weighted by molar-refractivity contribution is -0.113. The summed E-state index contributed by atoms with van der Waals surface area (Å²) in [5.74, 6) is -0.108. The van der Waals surface area contributed by atoms with E-state index in [0.717, 1.165) is 11.1 Å². The van der Waals surface area contributed by atoms with Crippen LogP contribution in [0.1, 0.15) is 24.0 Å². The van der Waals surface area contributed by atoms with E-state index in [9.17, 15) is 9.90 Å². The van der Waals surface area contributed by atoms with Crippen LogP contribution in [0.15, 0.2) is 69.9 Å². The Hall–Kier alpha value is -3.83. The molecule has 3 rings (SSSR count). The van der Waals surface area contributed by atoms with Gasteiger partial charge in [-0.25, -0.2) is 0 Å². The zero-order valence-electron chi connectivity index (χ0n) is 14.8. The van der Waals surface area contributed by atoms with Gasteiger partial charge in [-0.1, -0.05) is 58.8 Å². The van der Waals surface area contributed by atoms with Crippen LogP contribution in [0.5, 0.6) is 0 Å². The van der Waals surface area contributed by atoms with E-state index in [1.165, 1.54) is 0 Å². The van der Waals surface area contributed by atoms with Crippen molar-refractivity contribution >= 4 is 29.3 Å². The minimum atomic E-state index is -0.639. The third-order valence-corrected chi connectivity index (χ3v) is 4.28. The molecule has 0 bridgehead atoms. The third-order valence-electron chi connectivity index (χ3n) is 4.28. The van der Waals surface area contributed by atoms with E-state index in [0.29, 0.717) is 22.5 Å². The molecule has 0 atom stereocenters. The van der Waals surface area contributed by atoms with E-state index in [2.05, 4.69) is 20.1 Å². The first-order valence-corrected chi connectivity index (χ1v) is 8.53. The summed E-state index contributed by atoms with van der Waals surface area (Å²) < 4.78 is 0. The number of azide groups is 2. The molecule has 0 spiro atoms. The van der Waals surface area contributed by atoms with Crippen molar-refractivity contribution < 1.29 is 9.90 Å². The highest BCUT2D eigenvalue weighted by Crippen LogP contribution is 2.29. The Bertz CT molecular complexity index is 958. The third kappa shape index (κ3) is 4.66. The van der Waals surface area contributed by atoms with E-state index in [1.807, 2.05) is 0 Å². The van der Waals surface area contributed by atoms with Gasteiger partial charge in [0.15, 0.2) is 5.78 Å². The van der Waals surface area contributed by atoms with E-state index in [1.54, 1.807) is 60.7 Å². The lowest BCUT2D eigenvalue weighted by Gasteiger charge is -2.21. The minimum Gasteiger partial charge on any atom is -0.392 e. The van der Waals surface area contributed by atoms with Crippen LogP contribution in [0.25, 0.3) is 33.0 Å². The SMILES string of the molecule is [N-]=[N+]=Nc1ccc(C=C2CC(O)CC(=Cc3ccc(N=[N+]=[N-])cc3)C2=O)cc1. The molecule has 0 aliphatic heterocycles. The van der Waals surface area contributed by atoms with Crippen molar-refractivity contribution in [3.8, 4) is 0 Å². The topological polar surface area (TPSA) is 135 Å². The molecular formula is C20H16N6O2. The fourth-order valence-corrected chi connectivity index (χ4v) is 3.00. The minimum absolute atomic E-state index is 0.108. The summed E-state index contributed by atoms with van der Waals surface area (Å²) in [7, 11) is 0. The van der Waals surface area contributed by atoms with Gasteiger partial charge >= 0.3 is 0 Å². The predicted octanol–water partition coefficient (Wildman–Crippen LogP) is 5.76. The number of carbonyl (C=O) groups excluding carboxylic acids is 1. The number of carbonyl (C=O) groups is 1. The highest BCUT2D eigenvalue weighted by atomic mass is 16.3. The van der Waals surface area contributed by atoms with Crippen molar-refractivity contribution in [2.45, 2.75) is 18.9 Å². The van der Waals surface area contributed by atoms with Gasteiger partial charge in [-0.05, 0) is 34.3 Å². The van der Waals surface area contributed by atoms with Gasteiger partial charge in [0.2, 0.25) is 0 Å². The van der Waals surface area contributed by atoms with Crippen molar-refractivity contribution in [2.75, 3.05) is 0 Å². The highest BCUT2D eigenvalue weighted by Gasteiger charge is 2.26. The number of benzene rings is 2. The first kappa shape index (κ1) is 18.9. The van der Waals surface area contributed by atoms with Gasteiger partial charge in [-0.2, -0.15) is 0 Å². The van der Waals surface area contributed by atoms with Gasteiger partial charge in [0.1, 0.15) is 0 Å². The van der Waals surface area contributed by atoms with Gasteiger partial charge in [-0.15, -0.1) is 0 Å². The molecule has 8 heteroatoms. The summed E-state index contributed by atoms with van der Waals surface area (Å²) >= 11 is 0. The second kappa shape index (κ2) is 8.70. The molecule has 0 radical (unpaired) electrons. The summed E-state index contributed by atoms with van der Waals surface area (Å²) in [5.41, 5.74) is 20.5. The first-order valence-electron chi connectivity index (χ1n) is 8.53. The van der Waals surface area contributed by atoms with Crippen molar-refractivity contribution in [2.24, 2.45) is 10.2 Å². The number of aliphatic hydroxyl groups excluding tert-OH is 1. The van der Waals surface area contributed by atoms with Crippen LogP contribution in [0.2, 0.25) is 0 Å². The van der Waals surface area contributed by atoms with Crippen molar-refractivity contribution in [3.05, 3.63) is 91.7 Å². The fourth-order valence-electron chi connectivity index (χ4n) is 3.00. The van der Waals surface area contributed by atoms with Crippen LogP contribution in [0.3, 0.4) is 0 Å². The van der Waals surface area contributed by atoms with Gasteiger partial charge in [0.25, 0.3) is 0 Å². The Balaban J connectivity index is 1.87. The Morgan fingerprint density at radius 3 is 1.57 bits per heavy atom. The normalized spacial score (nSPS) is 19.2. The molecule has 0 heterocycles. The molecule has 0 aromatic heterocycles. The lowest BCUT2D eigenvalue weighted by Crippen LogP contribution is -2.23. The van der Waals surface area contributed by atoms with Crippen LogP contribution in [0, 0.1) is 0 Å². The average Bonchev–Trinajstić information content (AvgIpc) is 2.69. The summed E-state index contributed by atoms with van der Waals surface area (Å²) in [4.78, 5) is 18.3. The molecule has 1 aliphatic rings. The molecule has 28 heavy (non-hydrogen) atoms. The van der Waals surface area contributed by atoms with E-state index >= 15 is 0 Å². The van der Waals surface area contributed by atoms with Crippen LogP contribution in [0.4, 0.5) is 11.4 Å². The molecular weight excluding hydrogens is 356 g/mol. The van der Waals surface area contributed by atoms with E-state index in [4.69, 9.17) is 11.1 Å². The van der Waals surface area contributed by atoms with Gasteiger partial charge in [0.05, 0.1) is 6.10 Å².